The van der Waals surface area contributed by atoms with Gasteiger partial charge in [-0.1, -0.05) is 78.3 Å². The van der Waals surface area contributed by atoms with E-state index in [1.54, 1.807) is 31.2 Å². The molecule has 25 heteroatoms. The first kappa shape index (κ1) is 61.8. The number of aromatic amines is 1. The number of guanidine groups is 2. The molecule has 0 radical (unpaired) electrons. The molecule has 73 heavy (non-hydrogen) atoms. The van der Waals surface area contributed by atoms with Crippen LogP contribution in [0.25, 0.3) is 0 Å². The Hall–Kier alpha value is -7.31. The Bertz CT molecular complexity index is 2150. The first-order valence-electron chi connectivity index (χ1n) is 24.7. The average molecular weight is 1020 g/mol. The fraction of sp³-hybridized carbons (Fsp3) is 0.604. The van der Waals surface area contributed by atoms with E-state index in [1.807, 2.05) is 40.7 Å². The summed E-state index contributed by atoms with van der Waals surface area (Å²) in [5.74, 6) is -6.80. The molecule has 406 valence electrons. The number of carbonyl (C=O) groups is 8. The number of benzene rings is 1. The van der Waals surface area contributed by atoms with Gasteiger partial charge in [0.05, 0.1) is 12.4 Å². The van der Waals surface area contributed by atoms with Gasteiger partial charge in [0.15, 0.2) is 11.9 Å². The van der Waals surface area contributed by atoms with Crippen LogP contribution in [0.5, 0.6) is 0 Å². The number of imidazole rings is 1. The third-order valence-corrected chi connectivity index (χ3v) is 11.7. The Morgan fingerprint density at radius 3 is 1.49 bits per heavy atom. The molecule has 0 aliphatic rings. The number of hydrogen-bond acceptors (Lipinski definition) is 12. The molecule has 0 fully saturated rings. The second-order valence-electron chi connectivity index (χ2n) is 19.0. The first-order valence-corrected chi connectivity index (χ1v) is 24.7. The number of hydrogen-bond donors (Lipinski definition) is 14. The fourth-order valence-electron chi connectivity index (χ4n) is 7.47. The summed E-state index contributed by atoms with van der Waals surface area (Å²) >= 11 is 0. The Morgan fingerprint density at radius 2 is 1.04 bits per heavy atom. The van der Waals surface area contributed by atoms with Crippen molar-refractivity contribution in [2.45, 2.75) is 155 Å². The number of nitrogens with one attached hydrogen (secondary N) is 8. The smallest absolute Gasteiger partial charge is 0.243 e. The normalized spacial score (nSPS) is 14.8. The van der Waals surface area contributed by atoms with E-state index in [4.69, 9.17) is 34.4 Å². The van der Waals surface area contributed by atoms with Crippen LogP contribution in [0.4, 0.5) is 0 Å². The molecular formula is C48H81N17O8. The maximum absolute atomic E-state index is 14.4. The van der Waals surface area contributed by atoms with Crippen molar-refractivity contribution in [3.63, 3.8) is 0 Å². The molecule has 1 aromatic carbocycles. The van der Waals surface area contributed by atoms with E-state index in [1.165, 1.54) is 19.4 Å². The van der Waals surface area contributed by atoms with E-state index in [9.17, 15) is 38.4 Å². The molecule has 0 unspecified atom stereocenters. The summed E-state index contributed by atoms with van der Waals surface area (Å²) < 4.78 is 0. The molecule has 0 bridgehead atoms. The van der Waals surface area contributed by atoms with Gasteiger partial charge >= 0.3 is 0 Å². The molecule has 1 aromatic heterocycles. The van der Waals surface area contributed by atoms with Crippen LogP contribution >= 0.6 is 0 Å². The summed E-state index contributed by atoms with van der Waals surface area (Å²) in [6, 6.07) is -0.388. The van der Waals surface area contributed by atoms with Gasteiger partial charge in [0.1, 0.15) is 42.3 Å². The lowest BCUT2D eigenvalue weighted by atomic mass is 9.95. The van der Waals surface area contributed by atoms with Gasteiger partial charge in [0.2, 0.25) is 47.3 Å². The van der Waals surface area contributed by atoms with E-state index in [-0.39, 0.29) is 88.2 Å². The number of H-pyrrole nitrogens is 1. The van der Waals surface area contributed by atoms with Crippen LogP contribution in [-0.4, -0.2) is 131 Å². The van der Waals surface area contributed by atoms with Crippen LogP contribution < -0.4 is 71.6 Å². The highest BCUT2D eigenvalue weighted by Crippen LogP contribution is 2.14. The Balaban J connectivity index is 2.41. The summed E-state index contributed by atoms with van der Waals surface area (Å²) in [6.45, 7) is 12.5. The predicted molar refractivity (Wildman–Crippen MR) is 277 cm³/mol. The average Bonchev–Trinajstić information content (AvgIpc) is 3.84. The predicted octanol–water partition coefficient (Wildman–Crippen LogP) is -2.33. The highest BCUT2D eigenvalue weighted by molar-refractivity contribution is 5.97. The number of amides is 8. The fourth-order valence-corrected chi connectivity index (χ4v) is 7.47. The molecule has 0 aliphatic carbocycles. The molecule has 9 atom stereocenters. The lowest BCUT2D eigenvalue weighted by Gasteiger charge is -2.30. The van der Waals surface area contributed by atoms with Crippen molar-refractivity contribution in [1.29, 1.82) is 0 Å². The van der Waals surface area contributed by atoms with E-state index < -0.39 is 102 Å². The van der Waals surface area contributed by atoms with Gasteiger partial charge < -0.3 is 76.6 Å². The molecule has 0 saturated carbocycles. The number of rotatable bonds is 33. The maximum atomic E-state index is 14.4. The Labute approximate surface area is 427 Å². The van der Waals surface area contributed by atoms with Crippen LogP contribution in [0.2, 0.25) is 0 Å². The second kappa shape index (κ2) is 31.9. The van der Waals surface area contributed by atoms with Gasteiger partial charge in [-0.05, 0) is 68.8 Å². The number of aliphatic imine (C=N–C) groups is 2. The zero-order valence-corrected chi connectivity index (χ0v) is 43.2. The standard InChI is InChI=1S/C48H81N17O8/c1-8-28(6)38(46(73)62-35(39(50)66)22-30-14-10-9-11-15-30)65-45(72)37(21-27(4)5)64-43(70)34(17-13-19-57-48(53)54)60-42(69)33(16-12-18-56-47(51)52)61-44(71)36(20-26(2)3)63-40(67)29(7)59-41(68)32(49)23-31-24-55-25-58-31/h9-11,14-15,24-29,32-38H,8,12-13,16-23,49H2,1-7H3,(H2,50,66)(H,55,58)(H,59,68)(H,60,69)(H,61,71)(H,62,73)(H,63,67)(H,64,70)(H,65,72)(H4,51,52,56)(H4,53,54,57)/t28-,29-,32-,33-,34-,35-,36-,37-,38-/m0/s1. The lowest BCUT2D eigenvalue weighted by Crippen LogP contribution is -2.61. The highest BCUT2D eigenvalue weighted by Gasteiger charge is 2.35. The van der Waals surface area contributed by atoms with E-state index in [0.717, 1.165) is 5.56 Å². The molecule has 20 N–H and O–H groups in total. The third-order valence-electron chi connectivity index (χ3n) is 11.7. The van der Waals surface area contributed by atoms with Crippen LogP contribution in [0.3, 0.4) is 0 Å². The molecule has 2 rings (SSSR count). The van der Waals surface area contributed by atoms with Gasteiger partial charge in [-0.2, -0.15) is 0 Å². The second-order valence-corrected chi connectivity index (χ2v) is 19.0. The van der Waals surface area contributed by atoms with Crippen molar-refractivity contribution in [3.8, 4) is 0 Å². The van der Waals surface area contributed by atoms with Crippen molar-refractivity contribution < 1.29 is 38.4 Å². The number of nitrogens with two attached hydrogens (primary N) is 6. The SMILES string of the molecule is CC[C@H](C)[C@H](NC(=O)[C@H](CC(C)C)NC(=O)[C@H](CCCN=C(N)N)NC(=O)[C@H](CCCN=C(N)N)NC(=O)[C@H](CC(C)C)NC(=O)[C@H](C)NC(=O)[C@@H](N)Cc1cnc[nH]1)C(=O)N[C@@H](Cc1ccccc1)C(N)=O. The van der Waals surface area contributed by atoms with Crippen molar-refractivity contribution in [2.24, 2.45) is 62.1 Å². The zero-order chi connectivity index (χ0) is 54.8. The number of nitrogens with zero attached hydrogens (tertiary/aromatic N) is 3. The maximum Gasteiger partial charge on any atom is 0.243 e. The molecule has 25 nitrogen and oxygen atoms in total. The summed E-state index contributed by atoms with van der Waals surface area (Å²) in [4.78, 5) is 124. The van der Waals surface area contributed by atoms with Crippen molar-refractivity contribution in [1.82, 2.24) is 47.2 Å². The Morgan fingerprint density at radius 1 is 0.575 bits per heavy atom. The monoisotopic (exact) mass is 1020 g/mol. The van der Waals surface area contributed by atoms with Crippen molar-refractivity contribution >= 4 is 59.2 Å². The van der Waals surface area contributed by atoms with E-state index in [2.05, 4.69) is 57.2 Å². The molecule has 0 aliphatic heterocycles. The molecule has 1 heterocycles. The lowest BCUT2D eigenvalue weighted by molar-refractivity contribution is -0.136. The summed E-state index contributed by atoms with van der Waals surface area (Å²) in [7, 11) is 0. The van der Waals surface area contributed by atoms with E-state index in [0.29, 0.717) is 12.1 Å². The van der Waals surface area contributed by atoms with Gasteiger partial charge in [0, 0.05) is 37.8 Å². The largest absolute Gasteiger partial charge is 0.370 e. The number of carbonyl (C=O) groups excluding carboxylic acids is 8. The van der Waals surface area contributed by atoms with Gasteiger partial charge in [-0.3, -0.25) is 48.3 Å². The van der Waals surface area contributed by atoms with Gasteiger partial charge in [-0.15, -0.1) is 0 Å². The molecule has 8 amide bonds. The number of aromatic nitrogens is 2. The number of primary amides is 1. The molecule has 0 saturated heterocycles. The topological polar surface area (TPSA) is 430 Å². The highest BCUT2D eigenvalue weighted by atomic mass is 16.2. The quantitative estimate of drug-likeness (QED) is 0.0203. The first-order chi connectivity index (χ1) is 34.4. The van der Waals surface area contributed by atoms with Crippen LogP contribution in [0.1, 0.15) is 105 Å². The van der Waals surface area contributed by atoms with Crippen molar-refractivity contribution in [2.75, 3.05) is 13.1 Å². The van der Waals surface area contributed by atoms with Gasteiger partial charge in [0.25, 0.3) is 0 Å². The molecule has 0 spiro atoms. The van der Waals surface area contributed by atoms with Crippen LogP contribution in [-0.2, 0) is 51.2 Å². The van der Waals surface area contributed by atoms with Crippen LogP contribution in [0, 0.1) is 17.8 Å². The minimum Gasteiger partial charge on any atom is -0.370 e. The van der Waals surface area contributed by atoms with Crippen LogP contribution in [0.15, 0.2) is 52.8 Å². The van der Waals surface area contributed by atoms with Gasteiger partial charge in [-0.25, -0.2) is 4.98 Å². The summed E-state index contributed by atoms with van der Waals surface area (Å²) in [6.07, 6.45) is 4.24. The van der Waals surface area contributed by atoms with E-state index >= 15 is 0 Å². The minimum absolute atomic E-state index is 0.0286. The molecule has 2 aromatic rings. The summed E-state index contributed by atoms with van der Waals surface area (Å²) in [5.41, 5.74) is 35.3. The minimum atomic E-state index is -1.32. The molecular weight excluding hydrogens is 943 g/mol. The van der Waals surface area contributed by atoms with Crippen molar-refractivity contribution in [3.05, 3.63) is 54.1 Å². The third kappa shape index (κ3) is 23.6. The zero-order valence-electron chi connectivity index (χ0n) is 43.2. The summed E-state index contributed by atoms with van der Waals surface area (Å²) in [5, 5.41) is 18.9. The Kier molecular flexibility index (Phi) is 27.0.